The number of amides is 1. The summed E-state index contributed by atoms with van der Waals surface area (Å²) in [5, 5.41) is 3.11. The van der Waals surface area contributed by atoms with Gasteiger partial charge in [0.25, 0.3) is 0 Å². The van der Waals surface area contributed by atoms with Crippen molar-refractivity contribution >= 4 is 17.7 Å². The lowest BCUT2D eigenvalue weighted by Crippen LogP contribution is -2.37. The highest BCUT2D eigenvalue weighted by Crippen LogP contribution is 2.25. The molecule has 0 unspecified atom stereocenters. The minimum atomic E-state index is -0.316. The quantitative estimate of drug-likeness (QED) is 0.824. The number of hydrogen-bond donors (Lipinski definition) is 1. The molecule has 1 amide bonds. The molecule has 6 heteroatoms. The first-order valence-electron chi connectivity index (χ1n) is 8.71. The molecule has 1 aliphatic carbocycles. The van der Waals surface area contributed by atoms with Gasteiger partial charge in [0.1, 0.15) is 11.6 Å². The van der Waals surface area contributed by atoms with Crippen molar-refractivity contribution in [2.45, 2.75) is 50.8 Å². The van der Waals surface area contributed by atoms with Crippen molar-refractivity contribution in [3.63, 3.8) is 0 Å². The fourth-order valence-corrected chi connectivity index (χ4v) is 3.90. The van der Waals surface area contributed by atoms with E-state index < -0.39 is 0 Å². The van der Waals surface area contributed by atoms with Gasteiger partial charge in [-0.2, -0.15) is 0 Å². The van der Waals surface area contributed by atoms with Gasteiger partial charge in [0, 0.05) is 17.4 Å². The minimum absolute atomic E-state index is 0.0865. The molecular weight excluding hydrogens is 339 g/mol. The number of carbonyl (C=O) groups is 1. The lowest BCUT2D eigenvalue weighted by Gasteiger charge is -2.22. The van der Waals surface area contributed by atoms with Gasteiger partial charge in [0.05, 0.1) is 11.4 Å². The molecular formula is C19H23FN2O2S. The van der Waals surface area contributed by atoms with Gasteiger partial charge < -0.3 is 9.73 Å². The summed E-state index contributed by atoms with van der Waals surface area (Å²) in [5.41, 5.74) is 1.42. The van der Waals surface area contributed by atoms with Crippen LogP contribution in [0.25, 0.3) is 11.5 Å². The molecule has 1 N–H and O–H groups in total. The normalized spacial score (nSPS) is 15.3. The third kappa shape index (κ3) is 5.08. The zero-order valence-electron chi connectivity index (χ0n) is 14.4. The first-order chi connectivity index (χ1) is 12.1. The van der Waals surface area contributed by atoms with E-state index in [1.54, 1.807) is 12.1 Å². The van der Waals surface area contributed by atoms with Gasteiger partial charge in [-0.25, -0.2) is 9.37 Å². The Labute approximate surface area is 151 Å². The van der Waals surface area contributed by atoms with Crippen LogP contribution in [0.4, 0.5) is 4.39 Å². The SMILES string of the molecule is Cc1oc(-c2cccc(F)c2)nc1CSCC(=O)NC1CCCCC1. The van der Waals surface area contributed by atoms with Crippen LogP contribution in [0.1, 0.15) is 43.6 Å². The molecule has 0 saturated heterocycles. The predicted molar refractivity (Wildman–Crippen MR) is 97.8 cm³/mol. The second-order valence-corrected chi connectivity index (χ2v) is 7.41. The molecule has 1 fully saturated rings. The molecule has 1 aliphatic rings. The molecule has 2 aromatic rings. The van der Waals surface area contributed by atoms with E-state index in [0.717, 1.165) is 18.5 Å². The minimum Gasteiger partial charge on any atom is -0.441 e. The molecule has 0 atom stereocenters. The van der Waals surface area contributed by atoms with Gasteiger partial charge >= 0.3 is 0 Å². The highest BCUT2D eigenvalue weighted by atomic mass is 32.2. The summed E-state index contributed by atoms with van der Waals surface area (Å²) in [5.74, 6) is 1.91. The molecule has 1 heterocycles. The van der Waals surface area contributed by atoms with E-state index in [1.807, 2.05) is 6.92 Å². The van der Waals surface area contributed by atoms with Crippen molar-refractivity contribution in [1.82, 2.24) is 10.3 Å². The summed E-state index contributed by atoms with van der Waals surface area (Å²) in [6.45, 7) is 1.84. The predicted octanol–water partition coefficient (Wildman–Crippen LogP) is 4.47. The Morgan fingerprint density at radius 3 is 2.92 bits per heavy atom. The molecule has 0 bridgehead atoms. The molecule has 4 nitrogen and oxygen atoms in total. The summed E-state index contributed by atoms with van der Waals surface area (Å²) in [7, 11) is 0. The van der Waals surface area contributed by atoms with Crippen LogP contribution in [0.2, 0.25) is 0 Å². The van der Waals surface area contributed by atoms with Crippen molar-refractivity contribution in [1.29, 1.82) is 0 Å². The Balaban J connectivity index is 1.50. The van der Waals surface area contributed by atoms with E-state index in [2.05, 4.69) is 10.3 Å². The van der Waals surface area contributed by atoms with Crippen LogP contribution in [-0.2, 0) is 10.5 Å². The lowest BCUT2D eigenvalue weighted by molar-refractivity contribution is -0.119. The molecule has 25 heavy (non-hydrogen) atoms. The van der Waals surface area contributed by atoms with Crippen LogP contribution in [0.5, 0.6) is 0 Å². The van der Waals surface area contributed by atoms with Gasteiger partial charge in [0.15, 0.2) is 0 Å². The second-order valence-electron chi connectivity index (χ2n) is 6.43. The number of thioether (sulfide) groups is 1. The highest BCUT2D eigenvalue weighted by molar-refractivity contribution is 7.99. The van der Waals surface area contributed by atoms with Crippen LogP contribution < -0.4 is 5.32 Å². The number of rotatable bonds is 6. The molecule has 0 radical (unpaired) electrons. The van der Waals surface area contributed by atoms with Gasteiger partial charge in [-0.3, -0.25) is 4.79 Å². The maximum absolute atomic E-state index is 13.3. The van der Waals surface area contributed by atoms with Crippen molar-refractivity contribution in [2.75, 3.05) is 5.75 Å². The Morgan fingerprint density at radius 1 is 1.36 bits per heavy atom. The zero-order chi connectivity index (χ0) is 17.6. The highest BCUT2D eigenvalue weighted by Gasteiger charge is 2.16. The summed E-state index contributed by atoms with van der Waals surface area (Å²) in [6.07, 6.45) is 5.88. The Kier molecular flexibility index (Phi) is 6.13. The molecule has 0 spiro atoms. The number of aryl methyl sites for hydroxylation is 1. The van der Waals surface area contributed by atoms with Crippen LogP contribution >= 0.6 is 11.8 Å². The number of halogens is 1. The van der Waals surface area contributed by atoms with E-state index in [9.17, 15) is 9.18 Å². The zero-order valence-corrected chi connectivity index (χ0v) is 15.2. The Morgan fingerprint density at radius 2 is 2.16 bits per heavy atom. The fourth-order valence-electron chi connectivity index (χ4n) is 3.06. The molecule has 3 rings (SSSR count). The maximum atomic E-state index is 13.3. The van der Waals surface area contributed by atoms with Crippen molar-refractivity contribution in [3.8, 4) is 11.5 Å². The summed E-state index contributed by atoms with van der Waals surface area (Å²) in [4.78, 5) is 16.5. The second kappa shape index (κ2) is 8.52. The van der Waals surface area contributed by atoms with Crippen LogP contribution in [-0.4, -0.2) is 22.7 Å². The Bertz CT molecular complexity index is 726. The summed E-state index contributed by atoms with van der Waals surface area (Å²) in [6, 6.07) is 6.54. The number of benzene rings is 1. The van der Waals surface area contributed by atoms with Crippen molar-refractivity contribution in [3.05, 3.63) is 41.5 Å². The van der Waals surface area contributed by atoms with Crippen LogP contribution in [0.3, 0.4) is 0 Å². The first kappa shape index (κ1) is 18.0. The molecule has 1 aromatic carbocycles. The van der Waals surface area contributed by atoms with Crippen LogP contribution in [0, 0.1) is 12.7 Å². The van der Waals surface area contributed by atoms with Gasteiger partial charge in [0.2, 0.25) is 11.8 Å². The van der Waals surface area contributed by atoms with E-state index >= 15 is 0 Å². The average molecular weight is 362 g/mol. The topological polar surface area (TPSA) is 55.1 Å². The number of hydrogen-bond acceptors (Lipinski definition) is 4. The standard InChI is InChI=1S/C19H23FN2O2S/c1-13-17(22-19(24-13)14-6-5-7-15(20)10-14)11-25-12-18(23)21-16-8-3-2-4-9-16/h5-7,10,16H,2-4,8-9,11-12H2,1H3,(H,21,23). The first-order valence-corrected chi connectivity index (χ1v) is 9.86. The molecule has 0 aliphatic heterocycles. The number of aromatic nitrogens is 1. The smallest absolute Gasteiger partial charge is 0.230 e. The van der Waals surface area contributed by atoms with Gasteiger partial charge in [-0.05, 0) is 38.0 Å². The van der Waals surface area contributed by atoms with E-state index in [0.29, 0.717) is 34.8 Å². The van der Waals surface area contributed by atoms with Crippen molar-refractivity contribution in [2.24, 2.45) is 0 Å². The number of carbonyl (C=O) groups excluding carboxylic acids is 1. The average Bonchev–Trinajstić information content (AvgIpc) is 2.97. The van der Waals surface area contributed by atoms with E-state index in [1.165, 1.54) is 43.2 Å². The number of oxazole rings is 1. The van der Waals surface area contributed by atoms with E-state index in [4.69, 9.17) is 4.42 Å². The summed E-state index contributed by atoms with van der Waals surface area (Å²) < 4.78 is 19.0. The van der Waals surface area contributed by atoms with Gasteiger partial charge in [-0.1, -0.05) is 25.3 Å². The molecule has 1 saturated carbocycles. The third-order valence-corrected chi connectivity index (χ3v) is 5.35. The maximum Gasteiger partial charge on any atom is 0.230 e. The Hall–Kier alpha value is -1.82. The fraction of sp³-hybridized carbons (Fsp3) is 0.474. The lowest BCUT2D eigenvalue weighted by atomic mass is 9.95. The molecule has 134 valence electrons. The van der Waals surface area contributed by atoms with Crippen LogP contribution in [0.15, 0.2) is 28.7 Å². The monoisotopic (exact) mass is 362 g/mol. The third-order valence-electron chi connectivity index (χ3n) is 4.41. The number of nitrogens with zero attached hydrogens (tertiary/aromatic N) is 1. The molecule has 1 aromatic heterocycles. The van der Waals surface area contributed by atoms with Crippen molar-refractivity contribution < 1.29 is 13.6 Å². The largest absolute Gasteiger partial charge is 0.441 e. The summed E-state index contributed by atoms with van der Waals surface area (Å²) >= 11 is 1.52. The van der Waals surface area contributed by atoms with E-state index in [-0.39, 0.29) is 11.7 Å². The van der Waals surface area contributed by atoms with Gasteiger partial charge in [-0.15, -0.1) is 11.8 Å². The number of nitrogens with one attached hydrogen (secondary N) is 1.